The zero-order valence-corrected chi connectivity index (χ0v) is 15.7. The van der Waals surface area contributed by atoms with E-state index in [-0.39, 0.29) is 5.91 Å². The van der Waals surface area contributed by atoms with Crippen LogP contribution < -0.4 is 0 Å². The lowest BCUT2D eigenvalue weighted by molar-refractivity contribution is -0.130. The molecule has 1 aromatic rings. The number of hydrogen-bond acceptors (Lipinski definition) is 4. The lowest BCUT2D eigenvalue weighted by Gasteiger charge is -2.34. The summed E-state index contributed by atoms with van der Waals surface area (Å²) in [5.41, 5.74) is 0. The zero-order chi connectivity index (χ0) is 17.6. The molecule has 25 heavy (non-hydrogen) atoms. The van der Waals surface area contributed by atoms with Crippen molar-refractivity contribution >= 4 is 5.91 Å². The van der Waals surface area contributed by atoms with E-state index in [1.54, 1.807) is 14.0 Å². The van der Waals surface area contributed by atoms with Gasteiger partial charge in [0.1, 0.15) is 5.82 Å². The van der Waals surface area contributed by atoms with Gasteiger partial charge in [-0.25, -0.2) is 4.98 Å². The molecule has 1 amide bonds. The Bertz CT molecular complexity index is 551. The molecule has 0 radical (unpaired) electrons. The van der Waals surface area contributed by atoms with Gasteiger partial charge in [0.25, 0.3) is 0 Å². The van der Waals surface area contributed by atoms with Gasteiger partial charge in [-0.2, -0.15) is 0 Å². The first-order valence-electron chi connectivity index (χ1n) is 9.65. The Labute approximate surface area is 151 Å². The van der Waals surface area contributed by atoms with E-state index in [2.05, 4.69) is 20.6 Å². The second-order valence-corrected chi connectivity index (χ2v) is 7.52. The van der Waals surface area contributed by atoms with Crippen molar-refractivity contribution in [2.75, 3.05) is 46.4 Å². The van der Waals surface area contributed by atoms with Crippen molar-refractivity contribution in [3.05, 3.63) is 18.2 Å². The highest BCUT2D eigenvalue weighted by molar-refractivity contribution is 5.73. The summed E-state index contributed by atoms with van der Waals surface area (Å²) < 4.78 is 7.54. The Kier molecular flexibility index (Phi) is 6.48. The molecular weight excluding hydrogens is 316 g/mol. The Morgan fingerprint density at radius 2 is 2.08 bits per heavy atom. The molecule has 140 valence electrons. The third-order valence-corrected chi connectivity index (χ3v) is 5.73. The Morgan fingerprint density at radius 3 is 2.80 bits per heavy atom. The summed E-state index contributed by atoms with van der Waals surface area (Å²) in [6.45, 7) is 8.58. The molecule has 1 atom stereocenters. The van der Waals surface area contributed by atoms with Crippen LogP contribution in [0.4, 0.5) is 0 Å². The minimum absolute atomic E-state index is 0.207. The van der Waals surface area contributed by atoms with E-state index < -0.39 is 0 Å². The number of hydrogen-bond donors (Lipinski definition) is 0. The van der Waals surface area contributed by atoms with Gasteiger partial charge in [-0.05, 0) is 44.7 Å². The predicted molar refractivity (Wildman–Crippen MR) is 97.5 cm³/mol. The third-order valence-electron chi connectivity index (χ3n) is 5.73. The molecule has 3 heterocycles. The zero-order valence-electron chi connectivity index (χ0n) is 15.7. The molecule has 2 aliphatic rings. The van der Waals surface area contributed by atoms with Crippen molar-refractivity contribution in [3.8, 4) is 0 Å². The standard InChI is InChI=1S/C19H32N4O2/c1-16(24)22-8-3-4-17(14-22)15-23-11-7-20-19(23)18-5-9-21(10-6-18)12-13-25-2/h7,11,17-18H,3-6,8-10,12-15H2,1-2H3/t17-/m1/s1. The second-order valence-electron chi connectivity index (χ2n) is 7.52. The number of nitrogens with zero attached hydrogens (tertiary/aromatic N) is 4. The summed E-state index contributed by atoms with van der Waals surface area (Å²) in [6.07, 6.45) is 8.73. The molecule has 2 saturated heterocycles. The normalized spacial score (nSPS) is 23.1. The number of imidazole rings is 1. The average Bonchev–Trinajstić information content (AvgIpc) is 3.08. The van der Waals surface area contributed by atoms with Crippen LogP contribution in [0.2, 0.25) is 0 Å². The summed E-state index contributed by atoms with van der Waals surface area (Å²) in [6, 6.07) is 0. The van der Waals surface area contributed by atoms with Crippen molar-refractivity contribution in [2.45, 2.75) is 45.1 Å². The van der Waals surface area contributed by atoms with Crippen LogP contribution in [0.25, 0.3) is 0 Å². The summed E-state index contributed by atoms with van der Waals surface area (Å²) >= 11 is 0. The van der Waals surface area contributed by atoms with Crippen molar-refractivity contribution < 1.29 is 9.53 Å². The molecule has 1 aromatic heterocycles. The van der Waals surface area contributed by atoms with E-state index in [0.29, 0.717) is 11.8 Å². The van der Waals surface area contributed by atoms with Gasteiger partial charge in [0.2, 0.25) is 5.91 Å². The van der Waals surface area contributed by atoms with E-state index in [4.69, 9.17) is 4.74 Å². The molecule has 0 bridgehead atoms. The molecule has 0 spiro atoms. The largest absolute Gasteiger partial charge is 0.383 e. The van der Waals surface area contributed by atoms with Crippen LogP contribution in [0.3, 0.4) is 0 Å². The maximum absolute atomic E-state index is 11.7. The van der Waals surface area contributed by atoms with Gasteiger partial charge in [-0.1, -0.05) is 0 Å². The molecular formula is C19H32N4O2. The van der Waals surface area contributed by atoms with Crippen LogP contribution in [0.1, 0.15) is 44.3 Å². The Morgan fingerprint density at radius 1 is 1.28 bits per heavy atom. The fourth-order valence-electron chi connectivity index (χ4n) is 4.25. The number of carbonyl (C=O) groups is 1. The van der Waals surface area contributed by atoms with Crippen LogP contribution in [0.5, 0.6) is 0 Å². The van der Waals surface area contributed by atoms with Gasteiger partial charge < -0.3 is 19.1 Å². The lowest BCUT2D eigenvalue weighted by Crippen LogP contribution is -2.40. The molecule has 6 heteroatoms. The fourth-order valence-corrected chi connectivity index (χ4v) is 4.25. The number of rotatable bonds is 6. The van der Waals surface area contributed by atoms with Crippen LogP contribution >= 0.6 is 0 Å². The van der Waals surface area contributed by atoms with Gasteiger partial charge in [0.15, 0.2) is 0 Å². The predicted octanol–water partition coefficient (Wildman–Crippen LogP) is 1.97. The SMILES string of the molecule is COCCN1CCC(c2nccn2C[C@@H]2CCCN(C(C)=O)C2)CC1. The van der Waals surface area contributed by atoms with Crippen molar-refractivity contribution in [2.24, 2.45) is 5.92 Å². The van der Waals surface area contributed by atoms with Gasteiger partial charge in [0, 0.05) is 58.5 Å². The number of piperidine rings is 2. The smallest absolute Gasteiger partial charge is 0.219 e. The molecule has 2 fully saturated rings. The quantitative estimate of drug-likeness (QED) is 0.789. The van der Waals surface area contributed by atoms with E-state index in [9.17, 15) is 4.79 Å². The second kappa shape index (κ2) is 8.81. The summed E-state index contributed by atoms with van der Waals surface area (Å²) in [5, 5.41) is 0. The van der Waals surface area contributed by atoms with Gasteiger partial charge in [-0.3, -0.25) is 4.79 Å². The number of aromatic nitrogens is 2. The Hall–Kier alpha value is -1.40. The highest BCUT2D eigenvalue weighted by Gasteiger charge is 2.26. The highest BCUT2D eigenvalue weighted by Crippen LogP contribution is 2.28. The fraction of sp³-hybridized carbons (Fsp3) is 0.789. The number of amides is 1. The summed E-state index contributed by atoms with van der Waals surface area (Å²) in [4.78, 5) is 20.8. The molecule has 0 unspecified atom stereocenters. The molecule has 0 N–H and O–H groups in total. The molecule has 2 aliphatic heterocycles. The van der Waals surface area contributed by atoms with Gasteiger partial charge >= 0.3 is 0 Å². The molecule has 0 aromatic carbocycles. The maximum Gasteiger partial charge on any atom is 0.219 e. The first-order valence-corrected chi connectivity index (χ1v) is 9.65. The molecule has 3 rings (SSSR count). The third kappa shape index (κ3) is 4.82. The van der Waals surface area contributed by atoms with E-state index in [0.717, 1.165) is 52.3 Å². The minimum Gasteiger partial charge on any atom is -0.383 e. The maximum atomic E-state index is 11.7. The van der Waals surface area contributed by atoms with Crippen LogP contribution in [-0.4, -0.2) is 71.7 Å². The van der Waals surface area contributed by atoms with E-state index in [1.165, 1.54) is 25.1 Å². The van der Waals surface area contributed by atoms with E-state index >= 15 is 0 Å². The highest BCUT2D eigenvalue weighted by atomic mass is 16.5. The Balaban J connectivity index is 1.55. The van der Waals surface area contributed by atoms with Crippen LogP contribution in [-0.2, 0) is 16.1 Å². The first-order chi connectivity index (χ1) is 12.2. The summed E-state index contributed by atoms with van der Waals surface area (Å²) in [5.74, 6) is 2.55. The van der Waals surface area contributed by atoms with Crippen molar-refractivity contribution in [1.82, 2.24) is 19.4 Å². The van der Waals surface area contributed by atoms with Crippen molar-refractivity contribution in [3.63, 3.8) is 0 Å². The average molecular weight is 348 g/mol. The number of carbonyl (C=O) groups excluding carboxylic acids is 1. The number of methoxy groups -OCH3 is 1. The monoisotopic (exact) mass is 348 g/mol. The summed E-state index contributed by atoms with van der Waals surface area (Å²) in [7, 11) is 1.77. The van der Waals surface area contributed by atoms with E-state index in [1.807, 2.05) is 11.1 Å². The lowest BCUT2D eigenvalue weighted by atomic mass is 9.94. The first kappa shape index (κ1) is 18.4. The van der Waals surface area contributed by atoms with Gasteiger partial charge in [-0.15, -0.1) is 0 Å². The van der Waals surface area contributed by atoms with Crippen molar-refractivity contribution in [1.29, 1.82) is 0 Å². The van der Waals surface area contributed by atoms with Crippen LogP contribution in [0.15, 0.2) is 12.4 Å². The number of likely N-dealkylation sites (tertiary alicyclic amines) is 2. The molecule has 0 aliphatic carbocycles. The number of ether oxygens (including phenoxy) is 1. The molecule has 6 nitrogen and oxygen atoms in total. The van der Waals surface area contributed by atoms with Gasteiger partial charge in [0.05, 0.1) is 6.61 Å². The van der Waals surface area contributed by atoms with Crippen LogP contribution in [0, 0.1) is 5.92 Å². The minimum atomic E-state index is 0.207. The topological polar surface area (TPSA) is 50.6 Å². The molecule has 0 saturated carbocycles.